The van der Waals surface area contributed by atoms with E-state index in [0.717, 1.165) is 4.90 Å². The zero-order valence-electron chi connectivity index (χ0n) is 18.4. The summed E-state index contributed by atoms with van der Waals surface area (Å²) in [7, 11) is 0. The number of aliphatic carboxylic acids is 1. The van der Waals surface area contributed by atoms with E-state index in [1.165, 1.54) is 16.7 Å². The summed E-state index contributed by atoms with van der Waals surface area (Å²) in [5, 5.41) is 18.7. The van der Waals surface area contributed by atoms with Gasteiger partial charge in [0.15, 0.2) is 0 Å². The molecular weight excluding hydrogens is 461 g/mol. The number of hydrogen-bond acceptors (Lipinski definition) is 7. The predicted molar refractivity (Wildman–Crippen MR) is 111 cm³/mol. The van der Waals surface area contributed by atoms with Crippen LogP contribution in [0.25, 0.3) is 0 Å². The molecule has 1 aromatic carbocycles. The molecule has 6 amide bonds. The number of β-lactam (4-membered cyclic amide) rings is 1. The molecule has 4 rings (SSSR count). The standard InChI is InChI=1S/C20H23N5O6S.Na/c1-20(2)13(17(28)29)25-15(27)12(16(25)32-20)22-14(26)11(10-6-4-3-5-7-10)23-19(31)24-9-8-21-18(24)30;/h3-7,11-13,16H,8-9H2,1-2H3,(H,21,30)(H,22,26)(H,23,31)(H,28,29);/q;+1/p-1/t11?,12?,13?,16-;/m1./s1. The summed E-state index contributed by atoms with van der Waals surface area (Å²) >= 11 is 1.27. The summed E-state index contributed by atoms with van der Waals surface area (Å²) in [4.78, 5) is 63.9. The molecule has 33 heavy (non-hydrogen) atoms. The van der Waals surface area contributed by atoms with Gasteiger partial charge in [0.1, 0.15) is 17.5 Å². The monoisotopic (exact) mass is 483 g/mol. The quantitative estimate of drug-likeness (QED) is 0.284. The Hall–Kier alpha value is -2.28. The smallest absolute Gasteiger partial charge is 0.548 e. The second-order valence-corrected chi connectivity index (χ2v) is 10.0. The summed E-state index contributed by atoms with van der Waals surface area (Å²) in [5.41, 5.74) is 0.466. The summed E-state index contributed by atoms with van der Waals surface area (Å²) < 4.78 is -0.783. The Kier molecular flexibility index (Phi) is 7.32. The minimum Gasteiger partial charge on any atom is -0.548 e. The Morgan fingerprint density at radius 2 is 1.88 bits per heavy atom. The largest absolute Gasteiger partial charge is 1.00 e. The van der Waals surface area contributed by atoms with Crippen molar-refractivity contribution in [1.29, 1.82) is 0 Å². The van der Waals surface area contributed by atoms with Crippen LogP contribution >= 0.6 is 11.8 Å². The van der Waals surface area contributed by atoms with Crippen LogP contribution in [0.3, 0.4) is 0 Å². The minimum atomic E-state index is -1.35. The van der Waals surface area contributed by atoms with Crippen molar-refractivity contribution in [2.45, 2.75) is 42.1 Å². The molecule has 1 aromatic rings. The van der Waals surface area contributed by atoms with Gasteiger partial charge in [-0.3, -0.25) is 9.59 Å². The summed E-state index contributed by atoms with van der Waals surface area (Å²) in [5.74, 6) is -2.51. The second-order valence-electron chi connectivity index (χ2n) is 8.24. The molecular formula is C20H22N5NaO6S. The van der Waals surface area contributed by atoms with Gasteiger partial charge in [-0.15, -0.1) is 11.8 Å². The van der Waals surface area contributed by atoms with E-state index in [9.17, 15) is 29.1 Å². The molecule has 3 heterocycles. The maximum Gasteiger partial charge on any atom is 1.00 e. The number of fused-ring (bicyclic) bond motifs is 1. The van der Waals surface area contributed by atoms with Crippen LogP contribution in [0.1, 0.15) is 25.5 Å². The number of amides is 6. The van der Waals surface area contributed by atoms with Crippen LogP contribution in [0.2, 0.25) is 0 Å². The van der Waals surface area contributed by atoms with E-state index < -0.39 is 58.1 Å². The van der Waals surface area contributed by atoms with Gasteiger partial charge in [-0.05, 0) is 19.4 Å². The Balaban J connectivity index is 0.00000306. The number of imide groups is 1. The average Bonchev–Trinajstić information content (AvgIpc) is 3.29. The fraction of sp³-hybridized carbons (Fsp3) is 0.450. The molecule has 0 aromatic heterocycles. The summed E-state index contributed by atoms with van der Waals surface area (Å²) in [6, 6.07) is 3.93. The van der Waals surface area contributed by atoms with Gasteiger partial charge in [-0.2, -0.15) is 0 Å². The van der Waals surface area contributed by atoms with Crippen molar-refractivity contribution in [3.05, 3.63) is 35.9 Å². The van der Waals surface area contributed by atoms with Crippen LogP contribution in [0.5, 0.6) is 0 Å². The molecule has 3 N–H and O–H groups in total. The molecule has 0 aliphatic carbocycles. The predicted octanol–water partition coefficient (Wildman–Crippen LogP) is -4.24. The van der Waals surface area contributed by atoms with Crippen molar-refractivity contribution in [2.24, 2.45) is 0 Å². The fourth-order valence-electron chi connectivity index (χ4n) is 4.18. The average molecular weight is 483 g/mol. The van der Waals surface area contributed by atoms with Crippen molar-refractivity contribution in [1.82, 2.24) is 25.8 Å². The van der Waals surface area contributed by atoms with E-state index in [1.807, 2.05) is 0 Å². The van der Waals surface area contributed by atoms with E-state index >= 15 is 0 Å². The van der Waals surface area contributed by atoms with Gasteiger partial charge in [-0.1, -0.05) is 30.3 Å². The molecule has 3 fully saturated rings. The molecule has 170 valence electrons. The Bertz CT molecular complexity index is 992. The molecule has 0 spiro atoms. The van der Waals surface area contributed by atoms with E-state index in [2.05, 4.69) is 16.0 Å². The number of thioether (sulfide) groups is 1. The summed E-state index contributed by atoms with van der Waals surface area (Å²) in [6.45, 7) is 3.89. The number of hydrogen-bond donors (Lipinski definition) is 3. The third-order valence-corrected chi connectivity index (χ3v) is 7.30. The van der Waals surface area contributed by atoms with E-state index in [4.69, 9.17) is 0 Å². The third-order valence-electron chi connectivity index (χ3n) is 5.73. The maximum absolute atomic E-state index is 13.1. The second kappa shape index (κ2) is 9.53. The molecule has 3 unspecified atom stereocenters. The van der Waals surface area contributed by atoms with Gasteiger partial charge < -0.3 is 30.8 Å². The van der Waals surface area contributed by atoms with Gasteiger partial charge >= 0.3 is 41.6 Å². The first-order valence-corrected chi connectivity index (χ1v) is 10.9. The number of carbonyl (C=O) groups excluding carboxylic acids is 5. The van der Waals surface area contributed by atoms with Crippen LogP contribution in [0.15, 0.2) is 30.3 Å². The molecule has 0 saturated carbocycles. The molecule has 0 bridgehead atoms. The number of nitrogens with one attached hydrogen (secondary N) is 3. The van der Waals surface area contributed by atoms with Crippen molar-refractivity contribution in [3.63, 3.8) is 0 Å². The molecule has 0 radical (unpaired) electrons. The minimum absolute atomic E-state index is 0. The van der Waals surface area contributed by atoms with Gasteiger partial charge in [0, 0.05) is 17.8 Å². The molecule has 11 nitrogen and oxygen atoms in total. The van der Waals surface area contributed by atoms with E-state index in [0.29, 0.717) is 12.1 Å². The van der Waals surface area contributed by atoms with Crippen LogP contribution in [-0.4, -0.2) is 74.9 Å². The van der Waals surface area contributed by atoms with Crippen LogP contribution in [0.4, 0.5) is 9.59 Å². The number of nitrogens with zero attached hydrogens (tertiary/aromatic N) is 2. The normalized spacial score (nSPS) is 25.8. The summed E-state index contributed by atoms with van der Waals surface area (Å²) in [6.07, 6.45) is 0. The number of carboxylic acid groups (broad SMARTS) is 1. The first-order chi connectivity index (χ1) is 15.1. The van der Waals surface area contributed by atoms with Gasteiger partial charge in [-0.25, -0.2) is 14.5 Å². The molecule has 4 atom stereocenters. The van der Waals surface area contributed by atoms with Crippen LogP contribution < -0.4 is 50.6 Å². The van der Waals surface area contributed by atoms with Crippen molar-refractivity contribution in [3.8, 4) is 0 Å². The number of rotatable bonds is 5. The topological polar surface area (TPSA) is 151 Å². The molecule has 13 heteroatoms. The first kappa shape index (κ1) is 25.3. The number of carbonyl (C=O) groups is 5. The van der Waals surface area contributed by atoms with Gasteiger partial charge in [0.05, 0.1) is 12.0 Å². The van der Waals surface area contributed by atoms with E-state index in [1.54, 1.807) is 44.2 Å². The first-order valence-electron chi connectivity index (χ1n) is 10.0. The maximum atomic E-state index is 13.1. The Morgan fingerprint density at radius 1 is 1.21 bits per heavy atom. The van der Waals surface area contributed by atoms with E-state index in [-0.39, 0.29) is 36.1 Å². The molecule has 3 aliphatic heterocycles. The van der Waals surface area contributed by atoms with Crippen LogP contribution in [0, 0.1) is 0 Å². The molecule has 3 aliphatic rings. The zero-order valence-corrected chi connectivity index (χ0v) is 21.2. The third kappa shape index (κ3) is 4.57. The molecule has 3 saturated heterocycles. The number of benzene rings is 1. The SMILES string of the molecule is CC1(C)S[C@@H]2C(NC(=O)C(NC(=O)N3CCNC3=O)c3ccccc3)C(=O)N2C1C(=O)[O-].[Na+]. The van der Waals surface area contributed by atoms with Gasteiger partial charge in [0.25, 0.3) is 0 Å². The van der Waals surface area contributed by atoms with Crippen LogP contribution in [-0.2, 0) is 14.4 Å². The number of carboxylic acids is 1. The van der Waals surface area contributed by atoms with Crippen molar-refractivity contribution < 1.29 is 58.6 Å². The van der Waals surface area contributed by atoms with Gasteiger partial charge in [0.2, 0.25) is 11.8 Å². The van der Waals surface area contributed by atoms with Crippen molar-refractivity contribution in [2.75, 3.05) is 13.1 Å². The van der Waals surface area contributed by atoms with Crippen molar-refractivity contribution >= 4 is 41.6 Å². The Morgan fingerprint density at radius 3 is 2.45 bits per heavy atom. The zero-order chi connectivity index (χ0) is 23.2. The Labute approximate surface area is 216 Å². The number of urea groups is 2. The fourth-order valence-corrected chi connectivity index (χ4v) is 5.80.